The van der Waals surface area contributed by atoms with Crippen LogP contribution >= 0.6 is 0 Å². The molecular formula is C13H18N2O. The van der Waals surface area contributed by atoms with Crippen molar-refractivity contribution in [1.29, 1.82) is 5.26 Å². The summed E-state index contributed by atoms with van der Waals surface area (Å²) in [5.41, 5.74) is -0.507. The highest BCUT2D eigenvalue weighted by Crippen LogP contribution is 2.37. The minimum atomic E-state index is -0.507. The first-order chi connectivity index (χ1) is 7.72. The zero-order valence-electron chi connectivity index (χ0n) is 9.61. The predicted octanol–water partition coefficient (Wildman–Crippen LogP) is 2.25. The van der Waals surface area contributed by atoms with Gasteiger partial charge < -0.3 is 4.90 Å². The number of nitrogens with zero attached hydrogens (tertiary/aromatic N) is 2. The lowest BCUT2D eigenvalue weighted by atomic mass is 9.81. The number of likely N-dealkylation sites (tertiary alicyclic amines) is 1. The smallest absolute Gasteiger partial charge is 0.224 e. The Labute approximate surface area is 96.7 Å². The largest absolute Gasteiger partial charge is 0.323 e. The summed E-state index contributed by atoms with van der Waals surface area (Å²) < 4.78 is 0. The highest BCUT2D eigenvalue weighted by Gasteiger charge is 2.44. The van der Waals surface area contributed by atoms with E-state index in [1.165, 1.54) is 6.42 Å². The van der Waals surface area contributed by atoms with Gasteiger partial charge in [0.15, 0.2) is 0 Å². The van der Waals surface area contributed by atoms with Crippen molar-refractivity contribution < 1.29 is 4.79 Å². The van der Waals surface area contributed by atoms with Crippen LogP contribution in [0.5, 0.6) is 0 Å². The Kier molecular flexibility index (Phi) is 3.00. The average Bonchev–Trinajstić information content (AvgIpc) is 2.72. The van der Waals surface area contributed by atoms with Crippen LogP contribution in [0.15, 0.2) is 12.7 Å². The predicted molar refractivity (Wildman–Crippen MR) is 61.4 cm³/mol. The van der Waals surface area contributed by atoms with Gasteiger partial charge in [-0.1, -0.05) is 25.3 Å². The molecule has 0 aromatic heterocycles. The Bertz CT molecular complexity index is 336. The van der Waals surface area contributed by atoms with Crippen LogP contribution in [-0.2, 0) is 4.79 Å². The minimum Gasteiger partial charge on any atom is -0.323 e. The SMILES string of the molecule is C=CC1CC(=O)N(C2(C#N)CCCCC2)C1. The van der Waals surface area contributed by atoms with E-state index in [-0.39, 0.29) is 11.8 Å². The molecule has 1 saturated carbocycles. The maximum absolute atomic E-state index is 11.9. The van der Waals surface area contributed by atoms with Crippen molar-refractivity contribution in [3.8, 4) is 6.07 Å². The van der Waals surface area contributed by atoms with E-state index in [1.807, 2.05) is 11.0 Å². The van der Waals surface area contributed by atoms with E-state index in [9.17, 15) is 10.1 Å². The second-order valence-electron chi connectivity index (χ2n) is 4.91. The second kappa shape index (κ2) is 4.29. The lowest BCUT2D eigenvalue weighted by Gasteiger charge is -2.39. The third-order valence-electron chi connectivity index (χ3n) is 3.89. The molecule has 1 aliphatic heterocycles. The summed E-state index contributed by atoms with van der Waals surface area (Å²) in [6, 6.07) is 2.41. The first-order valence-corrected chi connectivity index (χ1v) is 6.06. The third kappa shape index (κ3) is 1.73. The number of carbonyl (C=O) groups is 1. The van der Waals surface area contributed by atoms with Crippen LogP contribution in [0.4, 0.5) is 0 Å². The van der Waals surface area contributed by atoms with Crippen LogP contribution in [0, 0.1) is 17.2 Å². The topological polar surface area (TPSA) is 44.1 Å². The molecule has 0 radical (unpaired) electrons. The Hall–Kier alpha value is -1.30. The van der Waals surface area contributed by atoms with Gasteiger partial charge >= 0.3 is 0 Å². The molecule has 3 heteroatoms. The van der Waals surface area contributed by atoms with Crippen molar-refractivity contribution in [3.63, 3.8) is 0 Å². The molecule has 0 spiro atoms. The molecule has 0 aromatic rings. The zero-order valence-corrected chi connectivity index (χ0v) is 9.61. The molecular weight excluding hydrogens is 200 g/mol. The second-order valence-corrected chi connectivity index (χ2v) is 4.91. The summed E-state index contributed by atoms with van der Waals surface area (Å²) in [4.78, 5) is 13.8. The normalized spacial score (nSPS) is 28.8. The molecule has 2 fully saturated rings. The van der Waals surface area contributed by atoms with Gasteiger partial charge in [0.1, 0.15) is 5.54 Å². The number of rotatable bonds is 2. The molecule has 0 aromatic carbocycles. The van der Waals surface area contributed by atoms with E-state index in [1.54, 1.807) is 0 Å². The van der Waals surface area contributed by atoms with E-state index < -0.39 is 5.54 Å². The molecule has 16 heavy (non-hydrogen) atoms. The third-order valence-corrected chi connectivity index (χ3v) is 3.89. The van der Waals surface area contributed by atoms with Crippen LogP contribution in [0.3, 0.4) is 0 Å². The quantitative estimate of drug-likeness (QED) is 0.667. The molecule has 0 bridgehead atoms. The van der Waals surface area contributed by atoms with Crippen molar-refractivity contribution in [2.24, 2.45) is 5.92 Å². The molecule has 1 atom stereocenters. The summed E-state index contributed by atoms with van der Waals surface area (Å²) in [5.74, 6) is 0.369. The monoisotopic (exact) mass is 218 g/mol. The molecule has 2 aliphatic rings. The van der Waals surface area contributed by atoms with Crippen LogP contribution < -0.4 is 0 Å². The van der Waals surface area contributed by atoms with Crippen molar-refractivity contribution >= 4 is 5.91 Å². The minimum absolute atomic E-state index is 0.133. The fraction of sp³-hybridized carbons (Fsp3) is 0.692. The first-order valence-electron chi connectivity index (χ1n) is 6.06. The molecule has 1 aliphatic carbocycles. The number of hydrogen-bond acceptors (Lipinski definition) is 2. The Balaban J connectivity index is 2.19. The Morgan fingerprint density at radius 2 is 2.12 bits per heavy atom. The maximum atomic E-state index is 11.9. The summed E-state index contributed by atoms with van der Waals surface area (Å²) in [7, 11) is 0. The van der Waals surface area contributed by atoms with Gasteiger partial charge in [0, 0.05) is 18.9 Å². The van der Waals surface area contributed by atoms with E-state index in [2.05, 4.69) is 12.6 Å². The number of amides is 1. The van der Waals surface area contributed by atoms with E-state index in [0.29, 0.717) is 13.0 Å². The van der Waals surface area contributed by atoms with Crippen LogP contribution in [-0.4, -0.2) is 22.9 Å². The number of carbonyl (C=O) groups excluding carboxylic acids is 1. The van der Waals surface area contributed by atoms with Gasteiger partial charge in [0.05, 0.1) is 6.07 Å². The van der Waals surface area contributed by atoms with Crippen LogP contribution in [0.2, 0.25) is 0 Å². The van der Waals surface area contributed by atoms with Crippen LogP contribution in [0.25, 0.3) is 0 Å². The van der Waals surface area contributed by atoms with Crippen molar-refractivity contribution in [2.45, 2.75) is 44.1 Å². The molecule has 0 N–H and O–H groups in total. The molecule has 86 valence electrons. The van der Waals surface area contributed by atoms with Crippen molar-refractivity contribution in [3.05, 3.63) is 12.7 Å². The number of nitriles is 1. The Morgan fingerprint density at radius 3 is 2.62 bits per heavy atom. The average molecular weight is 218 g/mol. The van der Waals surface area contributed by atoms with Gasteiger partial charge in [0.25, 0.3) is 0 Å². The molecule has 1 unspecified atom stereocenters. The highest BCUT2D eigenvalue weighted by molar-refractivity contribution is 5.80. The van der Waals surface area contributed by atoms with Crippen molar-refractivity contribution in [1.82, 2.24) is 4.90 Å². The fourth-order valence-corrected chi connectivity index (χ4v) is 2.89. The summed E-state index contributed by atoms with van der Waals surface area (Å²) >= 11 is 0. The summed E-state index contributed by atoms with van der Waals surface area (Å²) in [6.45, 7) is 4.43. The van der Waals surface area contributed by atoms with Gasteiger partial charge in [0.2, 0.25) is 5.91 Å². The summed E-state index contributed by atoms with van der Waals surface area (Å²) in [6.07, 6.45) is 7.39. The van der Waals surface area contributed by atoms with Crippen LogP contribution in [0.1, 0.15) is 38.5 Å². The molecule has 3 nitrogen and oxygen atoms in total. The van der Waals surface area contributed by atoms with E-state index in [0.717, 1.165) is 25.7 Å². The van der Waals surface area contributed by atoms with Gasteiger partial charge in [-0.05, 0) is 12.8 Å². The lowest BCUT2D eigenvalue weighted by Crippen LogP contribution is -2.49. The van der Waals surface area contributed by atoms with Gasteiger partial charge in [-0.25, -0.2) is 0 Å². The molecule has 1 heterocycles. The zero-order chi connectivity index (χ0) is 11.6. The number of hydrogen-bond donors (Lipinski definition) is 0. The van der Waals surface area contributed by atoms with E-state index in [4.69, 9.17) is 0 Å². The van der Waals surface area contributed by atoms with Gasteiger partial charge in [-0.15, -0.1) is 6.58 Å². The first kappa shape index (κ1) is 11.2. The summed E-state index contributed by atoms with van der Waals surface area (Å²) in [5, 5.41) is 9.41. The van der Waals surface area contributed by atoms with Gasteiger partial charge in [-0.2, -0.15) is 5.26 Å². The standard InChI is InChI=1S/C13H18N2O/c1-2-11-8-12(16)15(9-11)13(10-14)6-4-3-5-7-13/h2,11H,1,3-9H2. The fourth-order valence-electron chi connectivity index (χ4n) is 2.89. The molecule has 2 rings (SSSR count). The van der Waals surface area contributed by atoms with E-state index >= 15 is 0 Å². The maximum Gasteiger partial charge on any atom is 0.224 e. The van der Waals surface area contributed by atoms with Gasteiger partial charge in [-0.3, -0.25) is 4.79 Å². The molecule has 1 amide bonds. The highest BCUT2D eigenvalue weighted by atomic mass is 16.2. The molecule has 1 saturated heterocycles. The Morgan fingerprint density at radius 1 is 1.44 bits per heavy atom. The lowest BCUT2D eigenvalue weighted by molar-refractivity contribution is -0.132. The van der Waals surface area contributed by atoms with Crippen molar-refractivity contribution in [2.75, 3.05) is 6.54 Å².